The molecule has 0 aliphatic heterocycles. The molecule has 0 aromatic rings. The number of nitrogens with two attached hydrogens (primary N) is 1. The van der Waals surface area contributed by atoms with Gasteiger partial charge in [-0.3, -0.25) is 9.11 Å². The maximum absolute atomic E-state index is 8.74. The van der Waals surface area contributed by atoms with Crippen LogP contribution in [0.1, 0.15) is 33.5 Å². The summed E-state index contributed by atoms with van der Waals surface area (Å²) in [5.74, 6) is 0. The van der Waals surface area contributed by atoms with E-state index in [1.54, 1.807) is 0 Å². The normalized spacial score (nSPS) is 18.1. The Morgan fingerprint density at radius 2 is 1.46 bits per heavy atom. The number of hydrogen-bond acceptors (Lipinski definition) is 3. The molecule has 1 fully saturated rings. The molecule has 0 heterocycles. The van der Waals surface area contributed by atoms with Gasteiger partial charge in [0.1, 0.15) is 0 Å². The van der Waals surface area contributed by atoms with Crippen LogP contribution in [0.25, 0.3) is 0 Å². The zero-order valence-electron chi connectivity index (χ0n) is 8.81. The van der Waals surface area contributed by atoms with E-state index in [-0.39, 0.29) is 31.0 Å². The number of hydrogen-bond donors (Lipinski definition) is 3. The molecule has 0 unspecified atom stereocenters. The molecule has 76 valence electrons. The fraction of sp³-hybridized carbons (Fsp3) is 1.00. The first-order chi connectivity index (χ1) is 5.39. The van der Waals surface area contributed by atoms with Gasteiger partial charge in [-0.05, 0) is 12.8 Å². The Labute approximate surface area is 102 Å². The summed E-state index contributed by atoms with van der Waals surface area (Å²) in [6, 6.07) is 0.536. The molecule has 0 aromatic heterocycles. The Bertz CT molecular complexity index is 198. The molecule has 1 aliphatic carbocycles. The first-order valence-corrected chi connectivity index (χ1v) is 5.25. The molecular weight excluding hydrogens is 205 g/mol. The van der Waals surface area contributed by atoms with Crippen LogP contribution in [-0.4, -0.2) is 23.6 Å². The minimum absolute atomic E-state index is 0. The summed E-state index contributed by atoms with van der Waals surface area (Å²) in [6.07, 6.45) is 6.66. The van der Waals surface area contributed by atoms with Crippen LogP contribution in [-0.2, 0) is 10.4 Å². The first kappa shape index (κ1) is 16.3. The molecule has 0 amide bonds. The Kier molecular flexibility index (Phi) is 10.2. The third-order valence-corrected chi connectivity index (χ3v) is 1.65. The monoisotopic (exact) mass is 221 g/mol. The molecule has 7 heteroatoms. The molecule has 0 spiro atoms. The van der Waals surface area contributed by atoms with E-state index in [2.05, 4.69) is 0 Å². The second-order valence-electron chi connectivity index (χ2n) is 2.85. The Hall–Kier alpha value is 0.830. The van der Waals surface area contributed by atoms with E-state index >= 15 is 0 Å². The Balaban J connectivity index is -0.000000159. The summed E-state index contributed by atoms with van der Waals surface area (Å²) in [5.41, 5.74) is 5.63. The summed E-state index contributed by atoms with van der Waals surface area (Å²) in [5, 5.41) is 0. The van der Waals surface area contributed by atoms with Crippen molar-refractivity contribution in [2.45, 2.75) is 38.1 Å². The van der Waals surface area contributed by atoms with Crippen LogP contribution in [0.4, 0.5) is 0 Å². The van der Waals surface area contributed by atoms with Gasteiger partial charge in [-0.25, -0.2) is 0 Å². The van der Waals surface area contributed by atoms with Gasteiger partial charge in [-0.2, -0.15) is 8.42 Å². The van der Waals surface area contributed by atoms with Crippen molar-refractivity contribution in [2.24, 2.45) is 5.73 Å². The summed E-state index contributed by atoms with van der Waals surface area (Å²) in [6.45, 7) is 0. The predicted molar refractivity (Wildman–Crippen MR) is 46.3 cm³/mol. The van der Waals surface area contributed by atoms with E-state index in [9.17, 15) is 0 Å². The second-order valence-corrected chi connectivity index (χ2v) is 3.74. The molecule has 1 rings (SSSR count). The zero-order valence-corrected chi connectivity index (χ0v) is 10.6. The van der Waals surface area contributed by atoms with Crippen LogP contribution < -0.4 is 35.3 Å². The van der Waals surface area contributed by atoms with Crippen LogP contribution in [0, 0.1) is 0 Å². The van der Waals surface area contributed by atoms with E-state index in [1.165, 1.54) is 32.1 Å². The minimum Gasteiger partial charge on any atom is -1.00 e. The number of rotatable bonds is 0. The second kappa shape index (κ2) is 8.16. The van der Waals surface area contributed by atoms with Crippen LogP contribution >= 0.6 is 0 Å². The molecule has 1 aliphatic rings. The van der Waals surface area contributed by atoms with Gasteiger partial charge in [-0.1, -0.05) is 19.3 Å². The summed E-state index contributed by atoms with van der Waals surface area (Å²) >= 11 is 0. The third-order valence-electron chi connectivity index (χ3n) is 1.65. The molecule has 0 saturated heterocycles. The van der Waals surface area contributed by atoms with E-state index in [1.807, 2.05) is 0 Å². The van der Waals surface area contributed by atoms with Gasteiger partial charge in [0.2, 0.25) is 0 Å². The molecule has 13 heavy (non-hydrogen) atoms. The smallest absolute Gasteiger partial charge is 1.00 e. The van der Waals surface area contributed by atoms with Crippen molar-refractivity contribution in [3.05, 3.63) is 0 Å². The average molecular weight is 221 g/mol. The zero-order chi connectivity index (χ0) is 9.61. The average Bonchev–Trinajstić information content (AvgIpc) is 1.85. The fourth-order valence-electron chi connectivity index (χ4n) is 1.13. The maximum Gasteiger partial charge on any atom is 1.00 e. The molecule has 1 saturated carbocycles. The van der Waals surface area contributed by atoms with Gasteiger partial charge in [0.15, 0.2) is 0 Å². The Morgan fingerprint density at radius 3 is 1.62 bits per heavy atom. The topological polar surface area (TPSA) is 101 Å². The first-order valence-electron chi connectivity index (χ1n) is 3.85. The summed E-state index contributed by atoms with van der Waals surface area (Å²) < 4.78 is 31.6. The van der Waals surface area contributed by atoms with Gasteiger partial charge >= 0.3 is 40.0 Å². The van der Waals surface area contributed by atoms with Crippen LogP contribution in [0.3, 0.4) is 0 Å². The molecule has 0 radical (unpaired) electrons. The van der Waals surface area contributed by atoms with Crippen LogP contribution in [0.15, 0.2) is 0 Å². The molecule has 5 nitrogen and oxygen atoms in total. The summed E-state index contributed by atoms with van der Waals surface area (Å²) in [7, 11) is -4.67. The largest absolute Gasteiger partial charge is 1.00 e. The van der Waals surface area contributed by atoms with E-state index in [0.29, 0.717) is 6.04 Å². The SMILES string of the molecule is NC1CCCCC1.O=S(=O)(O)O.[H-].[Na+]. The molecule has 4 N–H and O–H groups in total. The predicted octanol–water partition coefficient (Wildman–Crippen LogP) is -2.26. The fourth-order valence-corrected chi connectivity index (χ4v) is 1.13. The molecular formula is C6H16NNaO4S. The molecule has 0 bridgehead atoms. The van der Waals surface area contributed by atoms with Crippen molar-refractivity contribution >= 4 is 10.4 Å². The molecule has 0 aromatic carbocycles. The summed E-state index contributed by atoms with van der Waals surface area (Å²) in [4.78, 5) is 0. The standard InChI is InChI=1S/C6H13N.Na.H2O4S.H/c7-6-4-2-1-3-5-6;;1-5(2,3)4;/h6H,1-5,7H2;;(H2,1,2,3,4);/q;+1;;-1. The van der Waals surface area contributed by atoms with Gasteiger partial charge in [0.25, 0.3) is 0 Å². The van der Waals surface area contributed by atoms with Crippen molar-refractivity contribution < 1.29 is 48.5 Å². The maximum atomic E-state index is 8.74. The van der Waals surface area contributed by atoms with Crippen molar-refractivity contribution in [1.29, 1.82) is 0 Å². The van der Waals surface area contributed by atoms with Gasteiger partial charge < -0.3 is 7.16 Å². The van der Waals surface area contributed by atoms with Crippen molar-refractivity contribution in [3.8, 4) is 0 Å². The van der Waals surface area contributed by atoms with Crippen LogP contribution in [0.2, 0.25) is 0 Å². The van der Waals surface area contributed by atoms with Crippen LogP contribution in [0.5, 0.6) is 0 Å². The molecule has 0 atom stereocenters. The van der Waals surface area contributed by atoms with E-state index in [0.717, 1.165) is 0 Å². The van der Waals surface area contributed by atoms with Crippen molar-refractivity contribution in [3.63, 3.8) is 0 Å². The third kappa shape index (κ3) is 19.3. The van der Waals surface area contributed by atoms with Gasteiger partial charge in [-0.15, -0.1) is 0 Å². The van der Waals surface area contributed by atoms with Crippen molar-refractivity contribution in [1.82, 2.24) is 0 Å². The van der Waals surface area contributed by atoms with Crippen molar-refractivity contribution in [2.75, 3.05) is 0 Å². The van der Waals surface area contributed by atoms with E-state index < -0.39 is 10.4 Å². The quantitative estimate of drug-likeness (QED) is 0.317. The van der Waals surface area contributed by atoms with E-state index in [4.69, 9.17) is 23.3 Å². The Morgan fingerprint density at radius 1 is 1.15 bits per heavy atom. The van der Waals surface area contributed by atoms with Gasteiger partial charge in [0, 0.05) is 6.04 Å². The van der Waals surface area contributed by atoms with Gasteiger partial charge in [0.05, 0.1) is 0 Å². The minimum atomic E-state index is -4.67.